The molecular weight excluding hydrogens is 260 g/mol. The molecule has 0 spiro atoms. The van der Waals surface area contributed by atoms with Crippen LogP contribution in [-0.2, 0) is 0 Å². The van der Waals surface area contributed by atoms with Crippen molar-refractivity contribution in [1.29, 1.82) is 0 Å². The lowest BCUT2D eigenvalue weighted by Gasteiger charge is -2.32. The molecule has 3 rings (SSSR count). The van der Waals surface area contributed by atoms with Crippen LogP contribution in [0.2, 0.25) is 0 Å². The number of hydrogen-bond donors (Lipinski definition) is 1. The van der Waals surface area contributed by atoms with Crippen molar-refractivity contribution in [3.8, 4) is 0 Å². The Labute approximate surface area is 127 Å². The third kappa shape index (κ3) is 2.78. The Bertz CT molecular complexity index is 526. The molecule has 2 aliphatic rings. The van der Waals surface area contributed by atoms with Gasteiger partial charge in [-0.2, -0.15) is 0 Å². The van der Waals surface area contributed by atoms with Gasteiger partial charge in [0, 0.05) is 24.8 Å². The van der Waals surface area contributed by atoms with Gasteiger partial charge < -0.3 is 10.2 Å². The van der Waals surface area contributed by atoms with E-state index in [0.717, 1.165) is 35.8 Å². The van der Waals surface area contributed by atoms with E-state index in [4.69, 9.17) is 0 Å². The molecule has 21 heavy (non-hydrogen) atoms. The van der Waals surface area contributed by atoms with Gasteiger partial charge in [0.05, 0.1) is 5.56 Å². The Hall–Kier alpha value is -1.51. The summed E-state index contributed by atoms with van der Waals surface area (Å²) in [4.78, 5) is 15.2. The molecule has 114 valence electrons. The third-order valence-electron chi connectivity index (χ3n) is 5.04. The molecule has 0 radical (unpaired) electrons. The molecule has 2 unspecified atom stereocenters. The number of benzene rings is 1. The van der Waals surface area contributed by atoms with Crippen LogP contribution in [-0.4, -0.2) is 29.9 Å². The van der Waals surface area contributed by atoms with Crippen molar-refractivity contribution >= 4 is 11.6 Å². The van der Waals surface area contributed by atoms with E-state index in [1.54, 1.807) is 0 Å². The third-order valence-corrected chi connectivity index (χ3v) is 5.04. The minimum Gasteiger partial charge on any atom is -0.385 e. The minimum absolute atomic E-state index is 0.226. The first-order chi connectivity index (χ1) is 10.2. The van der Waals surface area contributed by atoms with Crippen LogP contribution < -0.4 is 5.32 Å². The molecule has 1 N–H and O–H groups in total. The Kier molecular flexibility index (Phi) is 4.18. The molecule has 2 fully saturated rings. The van der Waals surface area contributed by atoms with Crippen LogP contribution in [0, 0.1) is 12.8 Å². The van der Waals surface area contributed by atoms with Crippen LogP contribution in [0.15, 0.2) is 18.2 Å². The Morgan fingerprint density at radius 1 is 1.29 bits per heavy atom. The molecule has 1 aliphatic carbocycles. The molecule has 0 bridgehead atoms. The normalized spacial score (nSPS) is 24.8. The Morgan fingerprint density at radius 3 is 2.90 bits per heavy atom. The number of rotatable bonds is 3. The standard InChI is InChI=1S/C18H26N2O/c1-3-19-16-9-8-13(2)12-15(16)18(21)20-11-10-14-6-4-5-7-17(14)20/h8-9,12,14,17,19H,3-7,10-11H2,1-2H3. The van der Waals surface area contributed by atoms with Gasteiger partial charge in [-0.3, -0.25) is 4.79 Å². The highest BCUT2D eigenvalue weighted by atomic mass is 16.2. The summed E-state index contributed by atoms with van der Waals surface area (Å²) in [7, 11) is 0. The second kappa shape index (κ2) is 6.08. The summed E-state index contributed by atoms with van der Waals surface area (Å²) in [5.74, 6) is 0.971. The summed E-state index contributed by atoms with van der Waals surface area (Å²) in [5.41, 5.74) is 2.98. The molecular formula is C18H26N2O. The van der Waals surface area contributed by atoms with Crippen LogP contribution >= 0.6 is 0 Å². The van der Waals surface area contributed by atoms with Crippen LogP contribution in [0.4, 0.5) is 5.69 Å². The summed E-state index contributed by atoms with van der Waals surface area (Å²) in [6.45, 7) is 5.91. The van der Waals surface area contributed by atoms with Crippen LogP contribution in [0.25, 0.3) is 0 Å². The van der Waals surface area contributed by atoms with E-state index in [1.165, 1.54) is 32.1 Å². The van der Waals surface area contributed by atoms with Crippen molar-refractivity contribution in [3.05, 3.63) is 29.3 Å². The summed E-state index contributed by atoms with van der Waals surface area (Å²) in [5, 5.41) is 3.33. The number of hydrogen-bond acceptors (Lipinski definition) is 2. The van der Waals surface area contributed by atoms with Gasteiger partial charge in [-0.1, -0.05) is 24.5 Å². The zero-order valence-electron chi connectivity index (χ0n) is 13.2. The number of anilines is 1. The number of carbonyl (C=O) groups excluding carboxylic acids is 1. The number of carbonyl (C=O) groups is 1. The number of amides is 1. The molecule has 2 atom stereocenters. The topological polar surface area (TPSA) is 32.3 Å². The van der Waals surface area contributed by atoms with Crippen molar-refractivity contribution in [2.24, 2.45) is 5.92 Å². The molecule has 3 heteroatoms. The second-order valence-electron chi connectivity index (χ2n) is 6.48. The summed E-state index contributed by atoms with van der Waals surface area (Å²) in [6, 6.07) is 6.64. The summed E-state index contributed by atoms with van der Waals surface area (Å²) < 4.78 is 0. The molecule has 1 saturated heterocycles. The van der Waals surface area contributed by atoms with E-state index in [2.05, 4.69) is 30.1 Å². The SMILES string of the molecule is CCNc1ccc(C)cc1C(=O)N1CCC2CCCCC21. The van der Waals surface area contributed by atoms with Gasteiger partial charge in [0.2, 0.25) is 0 Å². The minimum atomic E-state index is 0.226. The fraction of sp³-hybridized carbons (Fsp3) is 0.611. The number of nitrogens with one attached hydrogen (secondary N) is 1. The van der Waals surface area contributed by atoms with Crippen LogP contribution in [0.3, 0.4) is 0 Å². The highest BCUT2D eigenvalue weighted by molar-refractivity contribution is 6.00. The zero-order valence-corrected chi connectivity index (χ0v) is 13.2. The van der Waals surface area contributed by atoms with Crippen molar-refractivity contribution in [2.45, 2.75) is 52.0 Å². The predicted octanol–water partition coefficient (Wildman–Crippen LogP) is 3.83. The first kappa shape index (κ1) is 14.4. The van der Waals surface area contributed by atoms with Crippen molar-refractivity contribution in [2.75, 3.05) is 18.4 Å². The fourth-order valence-electron chi connectivity index (χ4n) is 3.99. The molecule has 0 aromatic heterocycles. The first-order valence-corrected chi connectivity index (χ1v) is 8.36. The smallest absolute Gasteiger partial charge is 0.256 e. The molecule has 1 aromatic carbocycles. The van der Waals surface area contributed by atoms with E-state index in [1.807, 2.05) is 12.1 Å². The van der Waals surface area contributed by atoms with E-state index < -0.39 is 0 Å². The summed E-state index contributed by atoms with van der Waals surface area (Å²) >= 11 is 0. The molecule has 1 aromatic rings. The lowest BCUT2D eigenvalue weighted by atomic mass is 9.85. The van der Waals surface area contributed by atoms with Gasteiger partial charge in [-0.05, 0) is 51.2 Å². The predicted molar refractivity (Wildman–Crippen MR) is 86.7 cm³/mol. The Balaban J connectivity index is 1.86. The van der Waals surface area contributed by atoms with Gasteiger partial charge in [0.1, 0.15) is 0 Å². The quantitative estimate of drug-likeness (QED) is 0.916. The molecule has 1 heterocycles. The maximum absolute atomic E-state index is 13.0. The van der Waals surface area contributed by atoms with Gasteiger partial charge in [0.25, 0.3) is 5.91 Å². The lowest BCUT2D eigenvalue weighted by Crippen LogP contribution is -2.39. The summed E-state index contributed by atoms with van der Waals surface area (Å²) in [6.07, 6.45) is 6.31. The van der Waals surface area contributed by atoms with E-state index in [0.29, 0.717) is 6.04 Å². The van der Waals surface area contributed by atoms with Crippen molar-refractivity contribution in [1.82, 2.24) is 4.90 Å². The monoisotopic (exact) mass is 286 g/mol. The van der Waals surface area contributed by atoms with Crippen molar-refractivity contribution in [3.63, 3.8) is 0 Å². The van der Waals surface area contributed by atoms with Gasteiger partial charge in [-0.15, -0.1) is 0 Å². The van der Waals surface area contributed by atoms with E-state index in [9.17, 15) is 4.79 Å². The van der Waals surface area contributed by atoms with E-state index in [-0.39, 0.29) is 5.91 Å². The Morgan fingerprint density at radius 2 is 2.10 bits per heavy atom. The fourth-order valence-corrected chi connectivity index (χ4v) is 3.99. The number of aryl methyl sites for hydroxylation is 1. The average molecular weight is 286 g/mol. The maximum atomic E-state index is 13.0. The number of fused-ring (bicyclic) bond motifs is 1. The van der Waals surface area contributed by atoms with Gasteiger partial charge in [0.15, 0.2) is 0 Å². The number of nitrogens with zero attached hydrogens (tertiary/aromatic N) is 1. The molecule has 1 saturated carbocycles. The maximum Gasteiger partial charge on any atom is 0.256 e. The molecule has 1 amide bonds. The van der Waals surface area contributed by atoms with Crippen LogP contribution in [0.1, 0.15) is 54.9 Å². The highest BCUT2D eigenvalue weighted by Crippen LogP contribution is 2.37. The van der Waals surface area contributed by atoms with Gasteiger partial charge in [-0.25, -0.2) is 0 Å². The average Bonchev–Trinajstić information content (AvgIpc) is 2.92. The van der Waals surface area contributed by atoms with Crippen molar-refractivity contribution < 1.29 is 4.79 Å². The largest absolute Gasteiger partial charge is 0.385 e. The number of likely N-dealkylation sites (tertiary alicyclic amines) is 1. The van der Waals surface area contributed by atoms with E-state index >= 15 is 0 Å². The zero-order chi connectivity index (χ0) is 14.8. The van der Waals surface area contributed by atoms with Crippen LogP contribution in [0.5, 0.6) is 0 Å². The first-order valence-electron chi connectivity index (χ1n) is 8.36. The second-order valence-corrected chi connectivity index (χ2v) is 6.48. The molecule has 3 nitrogen and oxygen atoms in total. The lowest BCUT2D eigenvalue weighted by molar-refractivity contribution is 0.0691. The highest BCUT2D eigenvalue weighted by Gasteiger charge is 2.38. The molecule has 1 aliphatic heterocycles. The van der Waals surface area contributed by atoms with Gasteiger partial charge >= 0.3 is 0 Å².